The summed E-state index contributed by atoms with van der Waals surface area (Å²) in [5.74, 6) is -0.00432. The molecule has 18 heavy (non-hydrogen) atoms. The van der Waals surface area contributed by atoms with Crippen LogP contribution in [0.4, 0.5) is 0 Å². The van der Waals surface area contributed by atoms with E-state index in [2.05, 4.69) is 46.5 Å². The van der Waals surface area contributed by atoms with Gasteiger partial charge in [-0.05, 0) is 39.5 Å². The zero-order valence-corrected chi connectivity index (χ0v) is 13.4. The lowest BCUT2D eigenvalue weighted by atomic mass is 9.91. The molecule has 0 spiro atoms. The van der Waals surface area contributed by atoms with E-state index in [0.29, 0.717) is 6.54 Å². The minimum Gasteiger partial charge on any atom is -0.350 e. The van der Waals surface area contributed by atoms with Crippen LogP contribution in [0.15, 0.2) is 33.4 Å². The first kappa shape index (κ1) is 13.8. The lowest BCUT2D eigenvalue weighted by molar-refractivity contribution is 0.0950. The molecule has 2 heterocycles. The van der Waals surface area contributed by atoms with Crippen LogP contribution in [-0.4, -0.2) is 12.5 Å². The molecule has 0 bridgehead atoms. The first-order valence-electron chi connectivity index (χ1n) is 5.56. The van der Waals surface area contributed by atoms with E-state index in [1.54, 1.807) is 11.3 Å². The second kappa shape index (κ2) is 5.55. The van der Waals surface area contributed by atoms with E-state index in [4.69, 9.17) is 0 Å². The Labute approximate surface area is 123 Å². The summed E-state index contributed by atoms with van der Waals surface area (Å²) in [7, 11) is 0. The molecule has 96 valence electrons. The van der Waals surface area contributed by atoms with Crippen molar-refractivity contribution in [3.8, 4) is 0 Å². The molecule has 0 fully saturated rings. The molecule has 2 rings (SSSR count). The van der Waals surface area contributed by atoms with Crippen LogP contribution >= 0.6 is 38.6 Å². The standard InChI is InChI=1S/C13H14BrNOS2/c1-13(2,10-4-3-7-17-10)8-15-12(16)9-5-6-11(14)18-9/h3-7H,8H2,1-2H3,(H,15,16). The van der Waals surface area contributed by atoms with Crippen molar-refractivity contribution in [1.82, 2.24) is 5.32 Å². The van der Waals surface area contributed by atoms with Crippen molar-refractivity contribution in [2.75, 3.05) is 6.54 Å². The predicted octanol–water partition coefficient (Wildman–Crippen LogP) is 4.28. The van der Waals surface area contributed by atoms with Gasteiger partial charge in [0.15, 0.2) is 0 Å². The highest BCUT2D eigenvalue weighted by Gasteiger charge is 2.22. The number of carbonyl (C=O) groups is 1. The molecule has 0 aromatic carbocycles. The summed E-state index contributed by atoms with van der Waals surface area (Å²) in [6.07, 6.45) is 0. The third kappa shape index (κ3) is 3.22. The number of hydrogen-bond donors (Lipinski definition) is 1. The quantitative estimate of drug-likeness (QED) is 0.881. The number of amides is 1. The molecule has 0 saturated heterocycles. The normalized spacial score (nSPS) is 11.5. The fourth-order valence-electron chi connectivity index (χ4n) is 1.58. The maximum absolute atomic E-state index is 12.0. The van der Waals surface area contributed by atoms with E-state index >= 15 is 0 Å². The van der Waals surface area contributed by atoms with Gasteiger partial charge >= 0.3 is 0 Å². The topological polar surface area (TPSA) is 29.1 Å². The Hall–Kier alpha value is -0.650. The molecular weight excluding hydrogens is 330 g/mol. The van der Waals surface area contributed by atoms with Crippen LogP contribution in [0.3, 0.4) is 0 Å². The molecule has 0 radical (unpaired) electrons. The van der Waals surface area contributed by atoms with E-state index in [-0.39, 0.29) is 11.3 Å². The molecular formula is C13H14BrNOS2. The van der Waals surface area contributed by atoms with Crippen LogP contribution in [0.1, 0.15) is 28.4 Å². The average molecular weight is 344 g/mol. The number of nitrogens with one attached hydrogen (secondary N) is 1. The number of hydrogen-bond acceptors (Lipinski definition) is 3. The zero-order valence-electron chi connectivity index (χ0n) is 10.2. The highest BCUT2D eigenvalue weighted by atomic mass is 79.9. The minimum atomic E-state index is -0.0294. The van der Waals surface area contributed by atoms with E-state index < -0.39 is 0 Å². The molecule has 2 aromatic heterocycles. The van der Waals surface area contributed by atoms with Crippen molar-refractivity contribution in [3.63, 3.8) is 0 Å². The third-order valence-electron chi connectivity index (χ3n) is 2.68. The summed E-state index contributed by atoms with van der Waals surface area (Å²) in [4.78, 5) is 14.0. The monoisotopic (exact) mass is 343 g/mol. The van der Waals surface area contributed by atoms with Crippen molar-refractivity contribution in [2.24, 2.45) is 0 Å². The maximum Gasteiger partial charge on any atom is 0.261 e. The molecule has 0 unspecified atom stereocenters. The fourth-order valence-corrected chi connectivity index (χ4v) is 3.73. The van der Waals surface area contributed by atoms with Crippen LogP contribution in [0.2, 0.25) is 0 Å². The molecule has 0 aliphatic heterocycles. The maximum atomic E-state index is 12.0. The summed E-state index contributed by atoms with van der Waals surface area (Å²) in [6.45, 7) is 4.93. The number of rotatable bonds is 4. The van der Waals surface area contributed by atoms with Crippen LogP contribution in [0, 0.1) is 0 Å². The van der Waals surface area contributed by atoms with Gasteiger partial charge < -0.3 is 5.32 Å². The molecule has 0 aliphatic carbocycles. The Kier molecular flexibility index (Phi) is 4.25. The van der Waals surface area contributed by atoms with Crippen LogP contribution in [0.5, 0.6) is 0 Å². The summed E-state index contributed by atoms with van der Waals surface area (Å²) in [6, 6.07) is 7.88. The highest BCUT2D eigenvalue weighted by molar-refractivity contribution is 9.11. The number of thiophene rings is 2. The zero-order chi connectivity index (χ0) is 13.2. The van der Waals surface area contributed by atoms with E-state index in [1.165, 1.54) is 16.2 Å². The van der Waals surface area contributed by atoms with Gasteiger partial charge in [-0.15, -0.1) is 22.7 Å². The molecule has 1 amide bonds. The van der Waals surface area contributed by atoms with Crippen LogP contribution < -0.4 is 5.32 Å². The number of carbonyl (C=O) groups excluding carboxylic acids is 1. The second-order valence-electron chi connectivity index (χ2n) is 4.65. The van der Waals surface area contributed by atoms with Gasteiger partial charge in [0.2, 0.25) is 0 Å². The molecule has 5 heteroatoms. The predicted molar refractivity (Wildman–Crippen MR) is 81.7 cm³/mol. The van der Waals surface area contributed by atoms with Crippen molar-refractivity contribution in [1.29, 1.82) is 0 Å². The largest absolute Gasteiger partial charge is 0.350 e. The molecule has 2 nitrogen and oxygen atoms in total. The first-order valence-corrected chi connectivity index (χ1v) is 8.05. The van der Waals surface area contributed by atoms with E-state index in [0.717, 1.165) is 8.66 Å². The smallest absolute Gasteiger partial charge is 0.261 e. The Morgan fingerprint density at radius 2 is 2.17 bits per heavy atom. The Balaban J connectivity index is 1.98. The van der Waals surface area contributed by atoms with E-state index in [9.17, 15) is 4.79 Å². The third-order valence-corrected chi connectivity index (χ3v) is 5.53. The van der Waals surface area contributed by atoms with Crippen LogP contribution in [-0.2, 0) is 5.41 Å². The molecule has 0 atom stereocenters. The van der Waals surface area contributed by atoms with Gasteiger partial charge in [0.1, 0.15) is 0 Å². The lowest BCUT2D eigenvalue weighted by Crippen LogP contribution is -2.35. The molecule has 2 aromatic rings. The summed E-state index contributed by atoms with van der Waals surface area (Å²) >= 11 is 6.54. The lowest BCUT2D eigenvalue weighted by Gasteiger charge is -2.23. The van der Waals surface area contributed by atoms with Crippen molar-refractivity contribution < 1.29 is 4.79 Å². The Bertz CT molecular complexity index is 531. The van der Waals surface area contributed by atoms with Gasteiger partial charge in [0.05, 0.1) is 8.66 Å². The van der Waals surface area contributed by atoms with Crippen LogP contribution in [0.25, 0.3) is 0 Å². The van der Waals surface area contributed by atoms with Gasteiger partial charge in [-0.1, -0.05) is 19.9 Å². The molecule has 0 aliphatic rings. The van der Waals surface area contributed by atoms with Gasteiger partial charge in [-0.2, -0.15) is 0 Å². The Morgan fingerprint density at radius 3 is 2.72 bits per heavy atom. The van der Waals surface area contributed by atoms with Gasteiger partial charge in [-0.3, -0.25) is 4.79 Å². The fraction of sp³-hybridized carbons (Fsp3) is 0.308. The van der Waals surface area contributed by atoms with Crippen molar-refractivity contribution in [2.45, 2.75) is 19.3 Å². The van der Waals surface area contributed by atoms with E-state index in [1.807, 2.05) is 18.2 Å². The number of halogens is 1. The van der Waals surface area contributed by atoms with Gasteiger partial charge in [0, 0.05) is 16.8 Å². The van der Waals surface area contributed by atoms with Crippen molar-refractivity contribution >= 4 is 44.5 Å². The SMILES string of the molecule is CC(C)(CNC(=O)c1ccc(Br)s1)c1cccs1. The average Bonchev–Trinajstić information content (AvgIpc) is 2.96. The molecule has 1 N–H and O–H groups in total. The summed E-state index contributed by atoms with van der Waals surface area (Å²) in [5, 5.41) is 5.06. The Morgan fingerprint density at radius 1 is 1.39 bits per heavy atom. The second-order valence-corrected chi connectivity index (χ2v) is 8.06. The minimum absolute atomic E-state index is 0.00432. The highest BCUT2D eigenvalue weighted by Crippen LogP contribution is 2.27. The summed E-state index contributed by atoms with van der Waals surface area (Å²) in [5.41, 5.74) is -0.0294. The molecule has 0 saturated carbocycles. The first-order chi connectivity index (χ1) is 8.49. The van der Waals surface area contributed by atoms with Crippen molar-refractivity contribution in [3.05, 3.63) is 43.2 Å². The van der Waals surface area contributed by atoms with Gasteiger partial charge in [-0.25, -0.2) is 0 Å². The summed E-state index contributed by atoms with van der Waals surface area (Å²) < 4.78 is 0.977. The van der Waals surface area contributed by atoms with Gasteiger partial charge in [0.25, 0.3) is 5.91 Å².